The highest BCUT2D eigenvalue weighted by Crippen LogP contribution is 2.26. The van der Waals surface area contributed by atoms with Gasteiger partial charge in [0.25, 0.3) is 0 Å². The summed E-state index contributed by atoms with van der Waals surface area (Å²) < 4.78 is 4.47. The van der Waals surface area contributed by atoms with Crippen LogP contribution in [0.2, 0.25) is 0 Å². The molecule has 0 saturated carbocycles. The van der Waals surface area contributed by atoms with Gasteiger partial charge in [0.2, 0.25) is 24.0 Å². The molecule has 2 aromatic heterocycles. The molecule has 0 aliphatic carbocycles. The number of para-hydroxylation sites is 1. The molecule has 3 aromatic rings. The molecule has 0 aliphatic rings. The lowest BCUT2D eigenvalue weighted by molar-refractivity contribution is -0.113. The fraction of sp³-hybridized carbons (Fsp3) is 0.0714. The number of amides is 2. The van der Waals surface area contributed by atoms with Gasteiger partial charge in [0, 0.05) is 16.5 Å². The van der Waals surface area contributed by atoms with Crippen molar-refractivity contribution in [2.75, 3.05) is 16.4 Å². The van der Waals surface area contributed by atoms with Gasteiger partial charge in [0.05, 0.1) is 11.3 Å². The van der Waals surface area contributed by atoms with Crippen molar-refractivity contribution < 1.29 is 14.2 Å². The predicted octanol–water partition coefficient (Wildman–Crippen LogP) is 1.92. The van der Waals surface area contributed by atoms with Crippen LogP contribution < -0.4 is 10.6 Å². The van der Waals surface area contributed by atoms with Crippen molar-refractivity contribution in [3.8, 4) is 0 Å². The summed E-state index contributed by atoms with van der Waals surface area (Å²) in [5.41, 5.74) is 0.846. The van der Waals surface area contributed by atoms with E-state index in [9.17, 15) is 9.59 Å². The Hall–Kier alpha value is -2.94. The number of hydrogen-bond acceptors (Lipinski definition) is 7. The van der Waals surface area contributed by atoms with E-state index in [0.29, 0.717) is 6.41 Å². The first-order valence-electron chi connectivity index (χ1n) is 6.57. The van der Waals surface area contributed by atoms with Crippen LogP contribution in [0.5, 0.6) is 0 Å². The van der Waals surface area contributed by atoms with E-state index in [1.807, 2.05) is 30.3 Å². The SMILES string of the molecule is O=CNc1nonc1NC(=O)CSc1cccc2cccnc12. The fourth-order valence-corrected chi connectivity index (χ4v) is 2.77. The van der Waals surface area contributed by atoms with Crippen molar-refractivity contribution in [2.45, 2.75) is 4.90 Å². The van der Waals surface area contributed by atoms with Gasteiger partial charge in [0.15, 0.2) is 0 Å². The molecule has 3 rings (SSSR count). The first kappa shape index (κ1) is 15.0. The van der Waals surface area contributed by atoms with Crippen LogP contribution in [-0.2, 0) is 9.59 Å². The third kappa shape index (κ3) is 3.46. The number of thioether (sulfide) groups is 1. The fourth-order valence-electron chi connectivity index (χ4n) is 1.93. The molecule has 0 fully saturated rings. The van der Waals surface area contributed by atoms with Gasteiger partial charge >= 0.3 is 0 Å². The van der Waals surface area contributed by atoms with Crippen LogP contribution in [0.4, 0.5) is 11.6 Å². The molecule has 0 aliphatic heterocycles. The van der Waals surface area contributed by atoms with Crippen LogP contribution in [0.3, 0.4) is 0 Å². The molecule has 2 N–H and O–H groups in total. The van der Waals surface area contributed by atoms with E-state index < -0.39 is 0 Å². The normalized spacial score (nSPS) is 10.4. The van der Waals surface area contributed by atoms with Crippen molar-refractivity contribution in [3.05, 3.63) is 36.5 Å². The Morgan fingerprint density at radius 3 is 2.91 bits per heavy atom. The largest absolute Gasteiger partial charge is 0.307 e. The van der Waals surface area contributed by atoms with E-state index in [2.05, 4.69) is 30.6 Å². The quantitative estimate of drug-likeness (QED) is 0.525. The number of carbonyl (C=O) groups excluding carboxylic acids is 2. The second-order valence-corrected chi connectivity index (χ2v) is 5.41. The highest BCUT2D eigenvalue weighted by atomic mass is 32.2. The van der Waals surface area contributed by atoms with E-state index >= 15 is 0 Å². The summed E-state index contributed by atoms with van der Waals surface area (Å²) in [6.07, 6.45) is 2.14. The van der Waals surface area contributed by atoms with E-state index in [0.717, 1.165) is 15.8 Å². The zero-order chi connectivity index (χ0) is 16.1. The maximum atomic E-state index is 12.0. The molecular weight excluding hydrogens is 318 g/mol. The lowest BCUT2D eigenvalue weighted by atomic mass is 10.2. The topological polar surface area (TPSA) is 110 Å². The van der Waals surface area contributed by atoms with E-state index in [-0.39, 0.29) is 23.3 Å². The van der Waals surface area contributed by atoms with Crippen LogP contribution in [0.15, 0.2) is 46.1 Å². The van der Waals surface area contributed by atoms with Crippen molar-refractivity contribution in [3.63, 3.8) is 0 Å². The van der Waals surface area contributed by atoms with E-state index in [1.165, 1.54) is 11.8 Å². The minimum absolute atomic E-state index is 0.0603. The Balaban J connectivity index is 1.66. The number of fused-ring (bicyclic) bond motifs is 1. The van der Waals surface area contributed by atoms with Crippen molar-refractivity contribution in [2.24, 2.45) is 0 Å². The van der Waals surface area contributed by atoms with E-state index in [4.69, 9.17) is 0 Å². The smallest absolute Gasteiger partial charge is 0.236 e. The van der Waals surface area contributed by atoms with Gasteiger partial charge in [-0.1, -0.05) is 18.2 Å². The van der Waals surface area contributed by atoms with Gasteiger partial charge in [-0.15, -0.1) is 11.8 Å². The Morgan fingerprint density at radius 2 is 2.04 bits per heavy atom. The lowest BCUT2D eigenvalue weighted by Crippen LogP contribution is -2.15. The standard InChI is InChI=1S/C14H11N5O3S/c20-8-16-13-14(19-22-18-13)17-11(21)7-23-10-5-1-3-9-4-2-6-15-12(9)10/h1-6,8H,7H2,(H,16,18,20)(H,17,19,21). The Kier molecular flexibility index (Phi) is 4.48. The Labute approximate surface area is 134 Å². The number of carbonyl (C=O) groups is 2. The molecule has 0 spiro atoms. The van der Waals surface area contributed by atoms with E-state index in [1.54, 1.807) is 6.20 Å². The number of benzene rings is 1. The van der Waals surface area contributed by atoms with Gasteiger partial charge in [-0.25, -0.2) is 4.63 Å². The number of aromatic nitrogens is 3. The second kappa shape index (κ2) is 6.88. The minimum atomic E-state index is -0.299. The molecular formula is C14H11N5O3S. The maximum Gasteiger partial charge on any atom is 0.236 e. The summed E-state index contributed by atoms with van der Waals surface area (Å²) in [4.78, 5) is 27.6. The van der Waals surface area contributed by atoms with Crippen molar-refractivity contribution >= 4 is 46.6 Å². The Bertz CT molecular complexity index is 846. The van der Waals surface area contributed by atoms with Crippen LogP contribution >= 0.6 is 11.8 Å². The molecule has 2 heterocycles. The number of nitrogens with one attached hydrogen (secondary N) is 2. The molecule has 9 heteroatoms. The summed E-state index contributed by atoms with van der Waals surface area (Å²) in [5, 5.41) is 12.8. The summed E-state index contributed by atoms with van der Waals surface area (Å²) in [6.45, 7) is 0. The zero-order valence-electron chi connectivity index (χ0n) is 11.7. The summed E-state index contributed by atoms with van der Waals surface area (Å²) in [6, 6.07) is 9.61. The number of pyridine rings is 1. The highest BCUT2D eigenvalue weighted by Gasteiger charge is 2.13. The average molecular weight is 329 g/mol. The Morgan fingerprint density at radius 1 is 1.22 bits per heavy atom. The molecule has 2 amide bonds. The first-order chi connectivity index (χ1) is 11.3. The molecule has 1 aromatic carbocycles. The van der Waals surface area contributed by atoms with Crippen molar-refractivity contribution in [1.82, 2.24) is 15.3 Å². The highest BCUT2D eigenvalue weighted by molar-refractivity contribution is 8.00. The average Bonchev–Trinajstić information content (AvgIpc) is 3.00. The summed E-state index contributed by atoms with van der Waals surface area (Å²) in [7, 11) is 0. The third-order valence-corrected chi connectivity index (χ3v) is 3.94. The predicted molar refractivity (Wildman–Crippen MR) is 85.1 cm³/mol. The van der Waals surface area contributed by atoms with Gasteiger partial charge in [0.1, 0.15) is 0 Å². The summed E-state index contributed by atoms with van der Waals surface area (Å²) >= 11 is 1.36. The molecule has 0 atom stereocenters. The maximum absolute atomic E-state index is 12.0. The molecule has 23 heavy (non-hydrogen) atoms. The number of nitrogens with zero attached hydrogens (tertiary/aromatic N) is 3. The van der Waals surface area contributed by atoms with Crippen LogP contribution in [0.1, 0.15) is 0 Å². The van der Waals surface area contributed by atoms with Crippen LogP contribution in [0, 0.1) is 0 Å². The van der Waals surface area contributed by atoms with Gasteiger partial charge in [-0.3, -0.25) is 14.6 Å². The molecule has 0 saturated heterocycles. The number of hydrogen-bond donors (Lipinski definition) is 2. The molecule has 0 unspecified atom stereocenters. The van der Waals surface area contributed by atoms with Gasteiger partial charge in [-0.2, -0.15) is 0 Å². The van der Waals surface area contributed by atoms with Crippen LogP contribution in [-0.4, -0.2) is 33.4 Å². The van der Waals surface area contributed by atoms with Gasteiger partial charge < -0.3 is 10.6 Å². The first-order valence-corrected chi connectivity index (χ1v) is 7.55. The van der Waals surface area contributed by atoms with Crippen LogP contribution in [0.25, 0.3) is 10.9 Å². The monoisotopic (exact) mass is 329 g/mol. The third-order valence-electron chi connectivity index (χ3n) is 2.90. The molecule has 8 nitrogen and oxygen atoms in total. The number of anilines is 2. The molecule has 0 bridgehead atoms. The zero-order valence-corrected chi connectivity index (χ0v) is 12.5. The molecule has 116 valence electrons. The summed E-state index contributed by atoms with van der Waals surface area (Å²) in [5.74, 6) is -0.0141. The minimum Gasteiger partial charge on any atom is -0.307 e. The lowest BCUT2D eigenvalue weighted by Gasteiger charge is -2.05. The number of rotatable bonds is 6. The van der Waals surface area contributed by atoms with Crippen molar-refractivity contribution in [1.29, 1.82) is 0 Å². The van der Waals surface area contributed by atoms with Gasteiger partial charge in [-0.05, 0) is 22.4 Å². The second-order valence-electron chi connectivity index (χ2n) is 4.39. The molecule has 0 radical (unpaired) electrons.